The van der Waals surface area contributed by atoms with Crippen molar-refractivity contribution >= 4 is 11.7 Å². The predicted octanol–water partition coefficient (Wildman–Crippen LogP) is 0.599. The third-order valence-corrected chi connectivity index (χ3v) is 2.29. The van der Waals surface area contributed by atoms with Crippen LogP contribution >= 0.6 is 0 Å². The van der Waals surface area contributed by atoms with Crippen LogP contribution in [-0.4, -0.2) is 39.9 Å². The van der Waals surface area contributed by atoms with Crippen LogP contribution in [0.15, 0.2) is 23.5 Å². The lowest BCUT2D eigenvalue weighted by atomic mass is 10.2. The van der Waals surface area contributed by atoms with Crippen molar-refractivity contribution in [2.45, 2.75) is 13.8 Å². The quantitative estimate of drug-likeness (QED) is 0.346. The van der Waals surface area contributed by atoms with Crippen LogP contribution in [0.4, 0.5) is 0 Å². The molecule has 1 amide bonds. The predicted molar refractivity (Wildman–Crippen MR) is 64.0 cm³/mol. The number of aryl methyl sites for hydroxylation is 1. The summed E-state index contributed by atoms with van der Waals surface area (Å²) in [6.45, 7) is 4.23. The maximum atomic E-state index is 12.1. The fraction of sp³-hybridized carbons (Fsp3) is 0.364. The molecule has 6 heteroatoms. The maximum Gasteiger partial charge on any atom is 0.254 e. The summed E-state index contributed by atoms with van der Waals surface area (Å²) in [6, 6.07) is 3.35. The number of amides is 1. The molecule has 0 fully saturated rings. The molecule has 0 saturated heterocycles. The average molecular weight is 236 g/mol. The number of hydrogen-bond acceptors (Lipinski definition) is 4. The summed E-state index contributed by atoms with van der Waals surface area (Å²) in [5.74, 6) is -0.157. The van der Waals surface area contributed by atoms with E-state index in [2.05, 4.69) is 10.1 Å². The Hall–Kier alpha value is -2.11. The number of carbonyl (C=O) groups is 1. The Balaban J connectivity index is 2.86. The van der Waals surface area contributed by atoms with E-state index in [1.165, 1.54) is 4.90 Å². The summed E-state index contributed by atoms with van der Waals surface area (Å²) in [6.07, 6.45) is 1.58. The molecule has 1 aromatic heterocycles. The van der Waals surface area contributed by atoms with Gasteiger partial charge in [0, 0.05) is 24.0 Å². The Bertz CT molecular complexity index is 431. The molecule has 1 aromatic rings. The van der Waals surface area contributed by atoms with Crippen LogP contribution in [0.3, 0.4) is 0 Å². The van der Waals surface area contributed by atoms with E-state index in [4.69, 9.17) is 10.9 Å². The van der Waals surface area contributed by atoms with Crippen molar-refractivity contribution < 1.29 is 10.0 Å². The highest BCUT2D eigenvalue weighted by atomic mass is 16.4. The number of oxime groups is 1. The van der Waals surface area contributed by atoms with Gasteiger partial charge in [-0.25, -0.2) is 0 Å². The van der Waals surface area contributed by atoms with E-state index in [-0.39, 0.29) is 18.3 Å². The molecule has 1 rings (SSSR count). The normalized spacial score (nSPS) is 11.3. The van der Waals surface area contributed by atoms with E-state index in [1.807, 2.05) is 13.8 Å². The first-order valence-corrected chi connectivity index (χ1v) is 5.26. The van der Waals surface area contributed by atoms with Gasteiger partial charge in [-0.1, -0.05) is 5.16 Å². The zero-order valence-electron chi connectivity index (χ0n) is 9.92. The van der Waals surface area contributed by atoms with Crippen LogP contribution in [0.5, 0.6) is 0 Å². The molecule has 92 valence electrons. The van der Waals surface area contributed by atoms with Gasteiger partial charge in [-0.15, -0.1) is 0 Å². The number of rotatable bonds is 4. The van der Waals surface area contributed by atoms with Crippen molar-refractivity contribution in [3.05, 3.63) is 29.6 Å². The first kappa shape index (κ1) is 13.0. The molecule has 0 aliphatic carbocycles. The highest BCUT2D eigenvalue weighted by molar-refractivity contribution is 5.97. The third kappa shape index (κ3) is 3.44. The second kappa shape index (κ2) is 5.83. The Labute approximate surface area is 99.7 Å². The zero-order valence-corrected chi connectivity index (χ0v) is 9.92. The summed E-state index contributed by atoms with van der Waals surface area (Å²) < 4.78 is 0. The standard InChI is InChI=1S/C11H16N4O2/c1-3-15(7-10(12)14-17)11(16)9-4-5-13-8(2)6-9/h4-6,17H,3,7H2,1-2H3,(H2,12,14). The van der Waals surface area contributed by atoms with E-state index < -0.39 is 0 Å². The number of hydrogen-bond donors (Lipinski definition) is 2. The summed E-state index contributed by atoms with van der Waals surface area (Å²) in [5, 5.41) is 11.3. The molecule has 0 aliphatic heterocycles. The van der Waals surface area contributed by atoms with Crippen molar-refractivity contribution in [2.75, 3.05) is 13.1 Å². The van der Waals surface area contributed by atoms with Crippen molar-refractivity contribution in [3.8, 4) is 0 Å². The molecule has 17 heavy (non-hydrogen) atoms. The lowest BCUT2D eigenvalue weighted by Crippen LogP contribution is -2.38. The molecular formula is C11H16N4O2. The Morgan fingerprint density at radius 3 is 2.88 bits per heavy atom. The fourth-order valence-corrected chi connectivity index (χ4v) is 1.42. The van der Waals surface area contributed by atoms with Crippen LogP contribution in [0.25, 0.3) is 0 Å². The molecule has 0 radical (unpaired) electrons. The highest BCUT2D eigenvalue weighted by Crippen LogP contribution is 2.05. The largest absolute Gasteiger partial charge is 0.409 e. The van der Waals surface area contributed by atoms with Gasteiger partial charge in [0.2, 0.25) is 0 Å². The summed E-state index contributed by atoms with van der Waals surface area (Å²) in [4.78, 5) is 17.6. The number of amidine groups is 1. The van der Waals surface area contributed by atoms with Gasteiger partial charge in [0.1, 0.15) is 0 Å². The third-order valence-electron chi connectivity index (χ3n) is 2.29. The molecule has 0 bridgehead atoms. The topological polar surface area (TPSA) is 91.8 Å². The Morgan fingerprint density at radius 1 is 1.65 bits per heavy atom. The number of nitrogens with zero attached hydrogens (tertiary/aromatic N) is 3. The van der Waals surface area contributed by atoms with Gasteiger partial charge < -0.3 is 15.8 Å². The number of nitrogens with two attached hydrogens (primary N) is 1. The smallest absolute Gasteiger partial charge is 0.254 e. The van der Waals surface area contributed by atoms with Crippen LogP contribution < -0.4 is 5.73 Å². The average Bonchev–Trinajstić information content (AvgIpc) is 2.34. The first-order chi connectivity index (χ1) is 8.08. The maximum absolute atomic E-state index is 12.1. The van der Waals surface area contributed by atoms with Crippen molar-refractivity contribution in [1.82, 2.24) is 9.88 Å². The van der Waals surface area contributed by atoms with Gasteiger partial charge in [-0.2, -0.15) is 0 Å². The molecule has 0 aromatic carbocycles. The molecule has 0 saturated carbocycles. The van der Waals surface area contributed by atoms with Crippen molar-refractivity contribution in [3.63, 3.8) is 0 Å². The molecule has 0 atom stereocenters. The second-order valence-electron chi connectivity index (χ2n) is 3.60. The molecular weight excluding hydrogens is 220 g/mol. The van der Waals surface area contributed by atoms with E-state index in [9.17, 15) is 4.79 Å². The molecule has 1 heterocycles. The molecule has 0 aliphatic rings. The van der Waals surface area contributed by atoms with Gasteiger partial charge in [0.05, 0.1) is 6.54 Å². The van der Waals surface area contributed by atoms with Crippen LogP contribution in [-0.2, 0) is 0 Å². The second-order valence-corrected chi connectivity index (χ2v) is 3.60. The highest BCUT2D eigenvalue weighted by Gasteiger charge is 2.15. The fourth-order valence-electron chi connectivity index (χ4n) is 1.42. The number of aromatic nitrogens is 1. The number of pyridine rings is 1. The van der Waals surface area contributed by atoms with Gasteiger partial charge in [0.15, 0.2) is 5.84 Å². The van der Waals surface area contributed by atoms with E-state index in [0.717, 1.165) is 5.69 Å². The lowest BCUT2D eigenvalue weighted by Gasteiger charge is -2.20. The van der Waals surface area contributed by atoms with Crippen LogP contribution in [0, 0.1) is 6.92 Å². The monoisotopic (exact) mass is 236 g/mol. The lowest BCUT2D eigenvalue weighted by molar-refractivity contribution is 0.0786. The molecule has 0 spiro atoms. The number of carbonyl (C=O) groups excluding carboxylic acids is 1. The van der Waals surface area contributed by atoms with Gasteiger partial charge >= 0.3 is 0 Å². The Morgan fingerprint density at radius 2 is 2.35 bits per heavy atom. The molecule has 3 N–H and O–H groups in total. The van der Waals surface area contributed by atoms with E-state index >= 15 is 0 Å². The summed E-state index contributed by atoms with van der Waals surface area (Å²) >= 11 is 0. The summed E-state index contributed by atoms with van der Waals surface area (Å²) in [7, 11) is 0. The van der Waals surface area contributed by atoms with Crippen LogP contribution in [0.1, 0.15) is 23.0 Å². The van der Waals surface area contributed by atoms with E-state index in [0.29, 0.717) is 12.1 Å². The Kier molecular flexibility index (Phi) is 4.45. The SMILES string of the molecule is CCN(C/C(N)=N/O)C(=O)c1ccnc(C)c1. The minimum Gasteiger partial charge on any atom is -0.409 e. The van der Waals surface area contributed by atoms with E-state index in [1.54, 1.807) is 18.3 Å². The molecule has 6 nitrogen and oxygen atoms in total. The van der Waals surface area contributed by atoms with Crippen molar-refractivity contribution in [2.24, 2.45) is 10.9 Å². The zero-order chi connectivity index (χ0) is 12.8. The molecule has 0 unspecified atom stereocenters. The van der Waals surface area contributed by atoms with Gasteiger partial charge in [0.25, 0.3) is 5.91 Å². The summed E-state index contributed by atoms with van der Waals surface area (Å²) in [5.41, 5.74) is 6.71. The van der Waals surface area contributed by atoms with Gasteiger partial charge in [-0.05, 0) is 26.0 Å². The minimum absolute atomic E-state index is 0.00554. The van der Waals surface area contributed by atoms with Crippen LogP contribution in [0.2, 0.25) is 0 Å². The number of likely N-dealkylation sites (N-methyl/N-ethyl adjacent to an activating group) is 1. The van der Waals surface area contributed by atoms with Gasteiger partial charge in [-0.3, -0.25) is 9.78 Å². The minimum atomic E-state index is -0.162. The first-order valence-electron chi connectivity index (χ1n) is 5.26. The van der Waals surface area contributed by atoms with Crippen molar-refractivity contribution in [1.29, 1.82) is 0 Å².